The number of halogens is 1. The molecule has 1 aromatic heterocycles. The van der Waals surface area contributed by atoms with Crippen molar-refractivity contribution >= 4 is 17.5 Å². The first-order valence-corrected chi connectivity index (χ1v) is 6.41. The van der Waals surface area contributed by atoms with E-state index in [-0.39, 0.29) is 5.91 Å². The summed E-state index contributed by atoms with van der Waals surface area (Å²) in [5, 5.41) is 7.28. The van der Waals surface area contributed by atoms with Gasteiger partial charge in [-0.05, 0) is 38.5 Å². The van der Waals surface area contributed by atoms with E-state index in [1.54, 1.807) is 24.3 Å². The molecule has 0 radical (unpaired) electrons. The zero-order chi connectivity index (χ0) is 13.8. The summed E-state index contributed by atoms with van der Waals surface area (Å²) < 4.78 is 5.07. The lowest BCUT2D eigenvalue weighted by Crippen LogP contribution is -2.25. The quantitative estimate of drug-likeness (QED) is 0.935. The van der Waals surface area contributed by atoms with Gasteiger partial charge in [-0.25, -0.2) is 0 Å². The Morgan fingerprint density at radius 2 is 2.21 bits per heavy atom. The molecule has 0 bridgehead atoms. The monoisotopic (exact) mass is 278 g/mol. The van der Waals surface area contributed by atoms with Crippen molar-refractivity contribution in [2.24, 2.45) is 0 Å². The standard InChI is InChI=1S/C14H15ClN2O2/c1-9-13(10(2)19-17-9)6-7-16-14(18)11-4-3-5-12(15)8-11/h3-5,8H,6-7H2,1-2H3,(H,16,18). The van der Waals surface area contributed by atoms with Crippen molar-refractivity contribution in [1.82, 2.24) is 10.5 Å². The van der Waals surface area contributed by atoms with Crippen LogP contribution in [0, 0.1) is 13.8 Å². The second-order valence-corrected chi connectivity index (χ2v) is 4.76. The maximum Gasteiger partial charge on any atom is 0.251 e. The molecule has 100 valence electrons. The van der Waals surface area contributed by atoms with E-state index in [1.165, 1.54) is 0 Å². The molecule has 0 aliphatic carbocycles. The van der Waals surface area contributed by atoms with Crippen molar-refractivity contribution in [3.05, 3.63) is 51.9 Å². The van der Waals surface area contributed by atoms with Gasteiger partial charge in [0.1, 0.15) is 5.76 Å². The van der Waals surface area contributed by atoms with E-state index in [9.17, 15) is 4.79 Å². The molecule has 1 amide bonds. The maximum atomic E-state index is 11.9. The molecule has 0 spiro atoms. The zero-order valence-corrected chi connectivity index (χ0v) is 11.6. The topological polar surface area (TPSA) is 55.1 Å². The van der Waals surface area contributed by atoms with Gasteiger partial charge in [-0.1, -0.05) is 22.8 Å². The predicted molar refractivity (Wildman–Crippen MR) is 73.5 cm³/mol. The first-order chi connectivity index (χ1) is 9.08. The minimum absolute atomic E-state index is 0.130. The molecule has 0 saturated heterocycles. The number of hydrogen-bond acceptors (Lipinski definition) is 3. The number of aryl methyl sites for hydroxylation is 2. The van der Waals surface area contributed by atoms with Crippen LogP contribution in [0.1, 0.15) is 27.4 Å². The van der Waals surface area contributed by atoms with E-state index in [2.05, 4.69) is 10.5 Å². The first kappa shape index (κ1) is 13.6. The highest BCUT2D eigenvalue weighted by Gasteiger charge is 2.10. The molecule has 0 atom stereocenters. The summed E-state index contributed by atoms with van der Waals surface area (Å²) in [7, 11) is 0. The summed E-state index contributed by atoms with van der Waals surface area (Å²) in [6, 6.07) is 6.87. The fourth-order valence-electron chi connectivity index (χ4n) is 1.89. The lowest BCUT2D eigenvalue weighted by atomic mass is 10.1. The number of hydrogen-bond donors (Lipinski definition) is 1. The molecular formula is C14H15ClN2O2. The first-order valence-electron chi connectivity index (χ1n) is 6.03. The Morgan fingerprint density at radius 1 is 1.42 bits per heavy atom. The Kier molecular flexibility index (Phi) is 4.22. The third-order valence-electron chi connectivity index (χ3n) is 2.93. The molecule has 4 nitrogen and oxygen atoms in total. The molecule has 1 N–H and O–H groups in total. The SMILES string of the molecule is Cc1noc(C)c1CCNC(=O)c1cccc(Cl)c1. The Balaban J connectivity index is 1.91. The summed E-state index contributed by atoms with van der Waals surface area (Å²) in [5.74, 6) is 0.670. The minimum atomic E-state index is -0.130. The van der Waals surface area contributed by atoms with Crippen LogP contribution in [0.25, 0.3) is 0 Å². The van der Waals surface area contributed by atoms with Gasteiger partial charge in [0.15, 0.2) is 0 Å². The molecule has 2 aromatic rings. The van der Waals surface area contributed by atoms with E-state index < -0.39 is 0 Å². The van der Waals surface area contributed by atoms with Crippen LogP contribution in [0.15, 0.2) is 28.8 Å². The fourth-order valence-corrected chi connectivity index (χ4v) is 2.08. The fraction of sp³-hybridized carbons (Fsp3) is 0.286. The van der Waals surface area contributed by atoms with Gasteiger partial charge in [-0.3, -0.25) is 4.79 Å². The highest BCUT2D eigenvalue weighted by molar-refractivity contribution is 6.30. The molecule has 0 fully saturated rings. The van der Waals surface area contributed by atoms with Crippen molar-refractivity contribution in [3.63, 3.8) is 0 Å². The highest BCUT2D eigenvalue weighted by atomic mass is 35.5. The van der Waals surface area contributed by atoms with E-state index >= 15 is 0 Å². The zero-order valence-electron chi connectivity index (χ0n) is 10.9. The van der Waals surface area contributed by atoms with E-state index in [1.807, 2.05) is 13.8 Å². The van der Waals surface area contributed by atoms with Gasteiger partial charge in [0.05, 0.1) is 5.69 Å². The van der Waals surface area contributed by atoms with Crippen molar-refractivity contribution in [3.8, 4) is 0 Å². The summed E-state index contributed by atoms with van der Waals surface area (Å²) in [6.07, 6.45) is 0.702. The molecular weight excluding hydrogens is 264 g/mol. The number of amides is 1. The van der Waals surface area contributed by atoms with Crippen LogP contribution in [0.4, 0.5) is 0 Å². The Hall–Kier alpha value is -1.81. The van der Waals surface area contributed by atoms with Crippen molar-refractivity contribution < 1.29 is 9.32 Å². The largest absolute Gasteiger partial charge is 0.361 e. The van der Waals surface area contributed by atoms with Gasteiger partial charge in [-0.2, -0.15) is 0 Å². The molecule has 2 rings (SSSR count). The second kappa shape index (κ2) is 5.89. The number of nitrogens with zero attached hydrogens (tertiary/aromatic N) is 1. The van der Waals surface area contributed by atoms with Crippen LogP contribution in [0.2, 0.25) is 5.02 Å². The van der Waals surface area contributed by atoms with Gasteiger partial charge in [0.25, 0.3) is 5.91 Å². The van der Waals surface area contributed by atoms with Crippen molar-refractivity contribution in [2.45, 2.75) is 20.3 Å². The molecule has 0 aliphatic heterocycles. The Labute approximate surface area is 116 Å². The molecule has 0 aliphatic rings. The number of nitrogens with one attached hydrogen (secondary N) is 1. The average Bonchev–Trinajstić information content (AvgIpc) is 2.70. The van der Waals surface area contributed by atoms with Crippen LogP contribution in [0.3, 0.4) is 0 Å². The highest BCUT2D eigenvalue weighted by Crippen LogP contribution is 2.13. The third-order valence-corrected chi connectivity index (χ3v) is 3.16. The molecule has 1 aromatic carbocycles. The normalized spacial score (nSPS) is 10.5. The van der Waals surface area contributed by atoms with Gasteiger partial charge in [0, 0.05) is 22.7 Å². The summed E-state index contributed by atoms with van der Waals surface area (Å²) in [4.78, 5) is 11.9. The molecule has 5 heteroatoms. The van der Waals surface area contributed by atoms with Crippen LogP contribution >= 0.6 is 11.6 Å². The molecule has 19 heavy (non-hydrogen) atoms. The predicted octanol–water partition coefficient (Wildman–Crippen LogP) is 2.92. The van der Waals surface area contributed by atoms with E-state index in [0.29, 0.717) is 23.6 Å². The number of rotatable bonds is 4. The molecule has 1 heterocycles. The number of aromatic nitrogens is 1. The Morgan fingerprint density at radius 3 is 2.84 bits per heavy atom. The van der Waals surface area contributed by atoms with Crippen molar-refractivity contribution in [1.29, 1.82) is 0 Å². The summed E-state index contributed by atoms with van der Waals surface area (Å²) in [6.45, 7) is 4.30. The van der Waals surface area contributed by atoms with Crippen LogP contribution in [-0.4, -0.2) is 17.6 Å². The van der Waals surface area contributed by atoms with E-state index in [0.717, 1.165) is 17.0 Å². The van der Waals surface area contributed by atoms with Crippen LogP contribution < -0.4 is 5.32 Å². The third kappa shape index (κ3) is 3.35. The average molecular weight is 279 g/mol. The van der Waals surface area contributed by atoms with Crippen molar-refractivity contribution in [2.75, 3.05) is 6.54 Å². The van der Waals surface area contributed by atoms with Gasteiger partial charge in [-0.15, -0.1) is 0 Å². The Bertz CT molecular complexity index is 573. The number of carbonyl (C=O) groups excluding carboxylic acids is 1. The lowest BCUT2D eigenvalue weighted by Gasteiger charge is -2.05. The molecule has 0 saturated carbocycles. The number of carbonyl (C=O) groups is 1. The summed E-state index contributed by atoms with van der Waals surface area (Å²) in [5.41, 5.74) is 2.48. The molecule has 0 unspecified atom stereocenters. The number of benzene rings is 1. The lowest BCUT2D eigenvalue weighted by molar-refractivity contribution is 0.0954. The second-order valence-electron chi connectivity index (χ2n) is 4.32. The maximum absolute atomic E-state index is 11.9. The summed E-state index contributed by atoms with van der Waals surface area (Å²) >= 11 is 5.85. The van der Waals surface area contributed by atoms with Gasteiger partial charge in [0.2, 0.25) is 0 Å². The minimum Gasteiger partial charge on any atom is -0.361 e. The smallest absolute Gasteiger partial charge is 0.251 e. The van der Waals surface area contributed by atoms with Gasteiger partial charge >= 0.3 is 0 Å². The van der Waals surface area contributed by atoms with Crippen LogP contribution in [0.5, 0.6) is 0 Å². The van der Waals surface area contributed by atoms with E-state index in [4.69, 9.17) is 16.1 Å². The van der Waals surface area contributed by atoms with Crippen LogP contribution in [-0.2, 0) is 6.42 Å². The van der Waals surface area contributed by atoms with Gasteiger partial charge < -0.3 is 9.84 Å².